The number of carbonyl (C=O) groups is 1. The minimum absolute atomic E-state index is 0.284. The van der Waals surface area contributed by atoms with Gasteiger partial charge in [-0.25, -0.2) is 8.42 Å². The summed E-state index contributed by atoms with van der Waals surface area (Å²) in [6.45, 7) is 6.94. The SMILES string of the molecule is CS(=O)(=O)Nc1ccc(Oc2ccc(CN3CCC(N4CCN(C(=O)C5CCCCC5)CC4)CC3)cc2)cc1. The third kappa shape index (κ3) is 7.96. The molecule has 3 fully saturated rings. The van der Waals surface area contributed by atoms with Crippen LogP contribution in [-0.4, -0.2) is 80.6 Å². The van der Waals surface area contributed by atoms with Crippen molar-refractivity contribution in [1.29, 1.82) is 0 Å². The maximum atomic E-state index is 12.9. The summed E-state index contributed by atoms with van der Waals surface area (Å²) in [6.07, 6.45) is 9.41. The van der Waals surface area contributed by atoms with Gasteiger partial charge in [-0.05, 0) is 80.7 Å². The predicted molar refractivity (Wildman–Crippen MR) is 154 cm³/mol. The summed E-state index contributed by atoms with van der Waals surface area (Å²) in [6, 6.07) is 15.7. The van der Waals surface area contributed by atoms with Crippen LogP contribution in [0.1, 0.15) is 50.5 Å². The van der Waals surface area contributed by atoms with Gasteiger partial charge in [0.05, 0.1) is 6.26 Å². The molecule has 1 saturated carbocycles. The van der Waals surface area contributed by atoms with Crippen LogP contribution >= 0.6 is 0 Å². The minimum Gasteiger partial charge on any atom is -0.457 e. The monoisotopic (exact) mass is 554 g/mol. The minimum atomic E-state index is -3.29. The first-order valence-electron chi connectivity index (χ1n) is 14.4. The number of piperidine rings is 1. The molecular weight excluding hydrogens is 512 g/mol. The van der Waals surface area contributed by atoms with E-state index in [9.17, 15) is 13.2 Å². The second-order valence-electron chi connectivity index (χ2n) is 11.3. The molecule has 0 spiro atoms. The van der Waals surface area contributed by atoms with Gasteiger partial charge >= 0.3 is 0 Å². The average molecular weight is 555 g/mol. The molecule has 3 aliphatic rings. The number of amides is 1. The third-order valence-corrected chi connectivity index (χ3v) is 8.98. The van der Waals surface area contributed by atoms with Crippen molar-refractivity contribution in [3.05, 3.63) is 54.1 Å². The molecular formula is C30H42N4O4S. The van der Waals surface area contributed by atoms with Crippen LogP contribution < -0.4 is 9.46 Å². The van der Waals surface area contributed by atoms with E-state index in [1.165, 1.54) is 37.7 Å². The predicted octanol–water partition coefficient (Wildman–Crippen LogP) is 4.54. The fourth-order valence-corrected chi connectivity index (χ4v) is 6.78. The topological polar surface area (TPSA) is 82.2 Å². The van der Waals surface area contributed by atoms with Crippen LogP contribution in [0, 0.1) is 5.92 Å². The molecule has 212 valence electrons. The number of hydrogen-bond donors (Lipinski definition) is 1. The Morgan fingerprint density at radius 3 is 2.00 bits per heavy atom. The van der Waals surface area contributed by atoms with E-state index in [0.29, 0.717) is 23.4 Å². The summed E-state index contributed by atoms with van der Waals surface area (Å²) in [5.74, 6) is 2.11. The second-order valence-corrected chi connectivity index (χ2v) is 13.1. The van der Waals surface area contributed by atoms with E-state index in [0.717, 1.165) is 70.7 Å². The normalized spacial score (nSPS) is 20.6. The Balaban J connectivity index is 1.03. The highest BCUT2D eigenvalue weighted by Gasteiger charge is 2.31. The molecule has 2 aromatic rings. The Labute approximate surface area is 233 Å². The lowest BCUT2D eigenvalue weighted by molar-refractivity contribution is -0.138. The van der Waals surface area contributed by atoms with E-state index in [1.807, 2.05) is 12.1 Å². The Hall–Kier alpha value is -2.62. The lowest BCUT2D eigenvalue weighted by Crippen LogP contribution is -2.55. The van der Waals surface area contributed by atoms with Crippen molar-refractivity contribution in [3.63, 3.8) is 0 Å². The van der Waals surface area contributed by atoms with Gasteiger partial charge in [0, 0.05) is 50.4 Å². The molecule has 1 N–H and O–H groups in total. The Morgan fingerprint density at radius 1 is 0.821 bits per heavy atom. The summed E-state index contributed by atoms with van der Waals surface area (Å²) in [5, 5.41) is 0. The molecule has 2 heterocycles. The molecule has 0 unspecified atom stereocenters. The van der Waals surface area contributed by atoms with Crippen molar-refractivity contribution in [3.8, 4) is 11.5 Å². The van der Waals surface area contributed by atoms with Crippen LogP contribution in [-0.2, 0) is 21.4 Å². The smallest absolute Gasteiger partial charge is 0.229 e. The van der Waals surface area contributed by atoms with Crippen LogP contribution in [0.2, 0.25) is 0 Å². The molecule has 0 radical (unpaired) electrons. The number of anilines is 1. The zero-order valence-electron chi connectivity index (χ0n) is 23.1. The zero-order chi connectivity index (χ0) is 27.2. The van der Waals surface area contributed by atoms with Crippen molar-refractivity contribution in [1.82, 2.24) is 14.7 Å². The summed E-state index contributed by atoms with van der Waals surface area (Å²) in [5.41, 5.74) is 1.78. The number of rotatable bonds is 8. The van der Waals surface area contributed by atoms with E-state index in [1.54, 1.807) is 24.3 Å². The van der Waals surface area contributed by atoms with Crippen molar-refractivity contribution >= 4 is 21.6 Å². The fraction of sp³-hybridized carbons (Fsp3) is 0.567. The van der Waals surface area contributed by atoms with E-state index < -0.39 is 10.0 Å². The average Bonchev–Trinajstić information content (AvgIpc) is 2.95. The van der Waals surface area contributed by atoms with Crippen LogP contribution in [0.3, 0.4) is 0 Å². The van der Waals surface area contributed by atoms with Crippen LogP contribution in [0.15, 0.2) is 48.5 Å². The van der Waals surface area contributed by atoms with E-state index >= 15 is 0 Å². The Morgan fingerprint density at radius 2 is 1.41 bits per heavy atom. The molecule has 1 amide bonds. The lowest BCUT2D eigenvalue weighted by Gasteiger charge is -2.43. The van der Waals surface area contributed by atoms with Gasteiger partial charge in [-0.2, -0.15) is 0 Å². The quantitative estimate of drug-likeness (QED) is 0.516. The number of hydrogen-bond acceptors (Lipinski definition) is 6. The van der Waals surface area contributed by atoms with Crippen LogP contribution in [0.4, 0.5) is 5.69 Å². The first-order valence-corrected chi connectivity index (χ1v) is 16.3. The number of piperazine rings is 1. The first kappa shape index (κ1) is 27.9. The molecule has 0 atom stereocenters. The van der Waals surface area contributed by atoms with Gasteiger partial charge < -0.3 is 9.64 Å². The molecule has 9 heteroatoms. The van der Waals surface area contributed by atoms with E-state index in [2.05, 4.69) is 31.6 Å². The standard InChI is InChI=1S/C30H42N4O4S/c1-39(36,37)31-26-9-13-29(14-10-26)38-28-11-7-24(8-12-28)23-32-17-15-27(16-18-32)33-19-21-34(22-20-33)30(35)25-5-3-2-4-6-25/h7-14,25,27,31H,2-6,15-23H2,1H3. The van der Waals surface area contributed by atoms with E-state index in [4.69, 9.17) is 4.74 Å². The number of likely N-dealkylation sites (tertiary alicyclic amines) is 1. The number of carbonyl (C=O) groups excluding carboxylic acids is 1. The Kier molecular flexibility index (Phi) is 9.10. The highest BCUT2D eigenvalue weighted by molar-refractivity contribution is 7.92. The third-order valence-electron chi connectivity index (χ3n) is 8.38. The number of benzene rings is 2. The second kappa shape index (κ2) is 12.7. The highest BCUT2D eigenvalue weighted by atomic mass is 32.2. The largest absolute Gasteiger partial charge is 0.457 e. The molecule has 8 nitrogen and oxygen atoms in total. The van der Waals surface area contributed by atoms with Crippen molar-refractivity contribution in [2.75, 3.05) is 50.2 Å². The zero-order valence-corrected chi connectivity index (χ0v) is 23.9. The summed E-state index contributed by atoms with van der Waals surface area (Å²) in [7, 11) is -3.29. The highest BCUT2D eigenvalue weighted by Crippen LogP contribution is 2.27. The molecule has 2 saturated heterocycles. The Bertz CT molecular complexity index is 1180. The molecule has 1 aliphatic carbocycles. The number of nitrogens with one attached hydrogen (secondary N) is 1. The van der Waals surface area contributed by atoms with Gasteiger partial charge in [0.15, 0.2) is 0 Å². The summed E-state index contributed by atoms with van der Waals surface area (Å²) >= 11 is 0. The molecule has 2 aromatic carbocycles. The van der Waals surface area contributed by atoms with Gasteiger partial charge in [0.1, 0.15) is 11.5 Å². The maximum Gasteiger partial charge on any atom is 0.229 e. The van der Waals surface area contributed by atoms with E-state index in [-0.39, 0.29) is 5.92 Å². The van der Waals surface area contributed by atoms with Gasteiger partial charge in [0.25, 0.3) is 0 Å². The van der Waals surface area contributed by atoms with Gasteiger partial charge in [0.2, 0.25) is 15.9 Å². The van der Waals surface area contributed by atoms with Crippen molar-refractivity contribution < 1.29 is 17.9 Å². The van der Waals surface area contributed by atoms with Crippen LogP contribution in [0.25, 0.3) is 0 Å². The molecule has 2 aliphatic heterocycles. The number of nitrogens with zero attached hydrogens (tertiary/aromatic N) is 3. The molecule has 39 heavy (non-hydrogen) atoms. The van der Waals surface area contributed by atoms with Gasteiger partial charge in [-0.1, -0.05) is 31.4 Å². The van der Waals surface area contributed by atoms with Gasteiger partial charge in [-0.15, -0.1) is 0 Å². The lowest BCUT2D eigenvalue weighted by atomic mass is 9.88. The first-order chi connectivity index (χ1) is 18.8. The summed E-state index contributed by atoms with van der Waals surface area (Å²) in [4.78, 5) is 20.2. The summed E-state index contributed by atoms with van der Waals surface area (Å²) < 4.78 is 31.1. The fourth-order valence-electron chi connectivity index (χ4n) is 6.22. The van der Waals surface area contributed by atoms with Gasteiger partial charge in [-0.3, -0.25) is 19.3 Å². The maximum absolute atomic E-state index is 12.9. The number of sulfonamides is 1. The van der Waals surface area contributed by atoms with Crippen LogP contribution in [0.5, 0.6) is 11.5 Å². The molecule has 5 rings (SSSR count). The molecule has 0 bridgehead atoms. The molecule has 0 aromatic heterocycles. The van der Waals surface area contributed by atoms with Crippen molar-refractivity contribution in [2.24, 2.45) is 5.92 Å². The number of ether oxygens (including phenoxy) is 1. The van der Waals surface area contributed by atoms with Crippen molar-refractivity contribution in [2.45, 2.75) is 57.5 Å².